The molecule has 16 heavy (non-hydrogen) atoms. The zero-order valence-electron chi connectivity index (χ0n) is 10.7. The van der Waals surface area contributed by atoms with Crippen LogP contribution in [0.3, 0.4) is 0 Å². The average molecular weight is 242 g/mol. The first-order chi connectivity index (χ1) is 7.56. The van der Waals surface area contributed by atoms with E-state index in [9.17, 15) is 0 Å². The molecule has 3 nitrogen and oxygen atoms in total. The van der Waals surface area contributed by atoms with Gasteiger partial charge >= 0.3 is 0 Å². The Balaban J connectivity index is 2.56. The highest BCUT2D eigenvalue weighted by molar-refractivity contribution is 7.11. The van der Waals surface area contributed by atoms with Crippen LogP contribution in [0.1, 0.15) is 41.4 Å². The van der Waals surface area contributed by atoms with E-state index in [0.29, 0.717) is 12.6 Å². The summed E-state index contributed by atoms with van der Waals surface area (Å²) in [5.41, 5.74) is 1.16. The number of unbranched alkanes of at least 4 members (excludes halogenated alkanes) is 1. The lowest BCUT2D eigenvalue weighted by molar-refractivity contribution is 0.235. The summed E-state index contributed by atoms with van der Waals surface area (Å²) >= 11 is 1.79. The molecule has 1 heterocycles. The van der Waals surface area contributed by atoms with Crippen LogP contribution in [0, 0.1) is 13.8 Å². The van der Waals surface area contributed by atoms with Gasteiger partial charge in [-0.25, -0.2) is 4.98 Å². The van der Waals surface area contributed by atoms with Crippen molar-refractivity contribution >= 4 is 11.3 Å². The standard InChI is InChI=1S/C12H22N2OS/c1-9-12(16-11(3)13-9)10(2)14(4)7-5-6-8-15/h10,15H,5-8H2,1-4H3. The lowest BCUT2D eigenvalue weighted by Gasteiger charge is -2.23. The molecule has 4 heteroatoms. The van der Waals surface area contributed by atoms with Crippen LogP contribution >= 0.6 is 11.3 Å². The highest BCUT2D eigenvalue weighted by Gasteiger charge is 2.16. The van der Waals surface area contributed by atoms with Crippen molar-refractivity contribution in [2.75, 3.05) is 20.2 Å². The molecule has 1 aromatic rings. The lowest BCUT2D eigenvalue weighted by Crippen LogP contribution is -2.23. The van der Waals surface area contributed by atoms with Crippen molar-refractivity contribution in [2.24, 2.45) is 0 Å². The molecule has 1 N–H and O–H groups in total. The molecule has 0 aliphatic heterocycles. The molecule has 0 amide bonds. The van der Waals surface area contributed by atoms with Crippen molar-refractivity contribution in [3.05, 3.63) is 15.6 Å². The van der Waals surface area contributed by atoms with Crippen molar-refractivity contribution in [2.45, 2.75) is 39.7 Å². The number of hydrogen-bond acceptors (Lipinski definition) is 4. The molecule has 1 unspecified atom stereocenters. The third kappa shape index (κ3) is 3.54. The van der Waals surface area contributed by atoms with Gasteiger partial charge in [-0.1, -0.05) is 0 Å². The molecule has 0 aromatic carbocycles. The van der Waals surface area contributed by atoms with Gasteiger partial charge in [0.1, 0.15) is 0 Å². The molecule has 1 atom stereocenters. The summed E-state index contributed by atoms with van der Waals surface area (Å²) in [6, 6.07) is 0.421. The molecule has 0 bridgehead atoms. The third-order valence-electron chi connectivity index (χ3n) is 2.90. The number of aromatic nitrogens is 1. The summed E-state index contributed by atoms with van der Waals surface area (Å²) in [4.78, 5) is 8.16. The second-order valence-corrected chi connectivity index (χ2v) is 5.50. The second-order valence-electron chi connectivity index (χ2n) is 4.27. The van der Waals surface area contributed by atoms with Gasteiger partial charge < -0.3 is 5.11 Å². The molecule has 92 valence electrons. The summed E-state index contributed by atoms with van der Waals surface area (Å²) in [6.45, 7) is 7.68. The SMILES string of the molecule is Cc1nc(C)c(C(C)N(C)CCCCO)s1. The Labute approximate surface area is 102 Å². The molecule has 0 fully saturated rings. The predicted octanol–water partition coefficient (Wildman–Crippen LogP) is 2.53. The van der Waals surface area contributed by atoms with E-state index in [1.807, 2.05) is 0 Å². The fourth-order valence-electron chi connectivity index (χ4n) is 1.80. The van der Waals surface area contributed by atoms with Gasteiger partial charge in [0, 0.05) is 17.5 Å². The molecule has 0 saturated heterocycles. The molecule has 1 rings (SSSR count). The summed E-state index contributed by atoms with van der Waals surface area (Å²) < 4.78 is 0. The maximum absolute atomic E-state index is 8.76. The first-order valence-electron chi connectivity index (χ1n) is 5.81. The normalized spacial score (nSPS) is 13.4. The fourth-order valence-corrected chi connectivity index (χ4v) is 2.85. The zero-order chi connectivity index (χ0) is 12.1. The van der Waals surface area contributed by atoms with Gasteiger partial charge in [-0.3, -0.25) is 4.90 Å². The summed E-state index contributed by atoms with van der Waals surface area (Å²) in [5.74, 6) is 0. The van der Waals surface area contributed by atoms with Crippen molar-refractivity contribution in [3.8, 4) is 0 Å². The zero-order valence-corrected chi connectivity index (χ0v) is 11.5. The van der Waals surface area contributed by atoms with Crippen LogP contribution in [-0.2, 0) is 0 Å². The van der Waals surface area contributed by atoms with Crippen LogP contribution in [0.5, 0.6) is 0 Å². The maximum atomic E-state index is 8.76. The van der Waals surface area contributed by atoms with Crippen molar-refractivity contribution in [1.29, 1.82) is 0 Å². The van der Waals surface area contributed by atoms with Crippen molar-refractivity contribution in [1.82, 2.24) is 9.88 Å². The molecule has 0 aliphatic carbocycles. The predicted molar refractivity (Wildman–Crippen MR) is 69.0 cm³/mol. The number of aryl methyl sites for hydroxylation is 2. The van der Waals surface area contributed by atoms with Gasteiger partial charge in [-0.05, 0) is 47.2 Å². The number of hydrogen-bond donors (Lipinski definition) is 1. The maximum Gasteiger partial charge on any atom is 0.0900 e. The van der Waals surface area contributed by atoms with Gasteiger partial charge in [0.25, 0.3) is 0 Å². The summed E-state index contributed by atoms with van der Waals surface area (Å²) in [7, 11) is 2.14. The highest BCUT2D eigenvalue weighted by atomic mass is 32.1. The Bertz CT molecular complexity index is 325. The first-order valence-corrected chi connectivity index (χ1v) is 6.63. The number of aliphatic hydroxyl groups is 1. The molecule has 0 aliphatic rings. The van der Waals surface area contributed by atoms with E-state index in [1.54, 1.807) is 11.3 Å². The van der Waals surface area contributed by atoms with E-state index in [4.69, 9.17) is 5.11 Å². The van der Waals surface area contributed by atoms with Gasteiger partial charge in [-0.2, -0.15) is 0 Å². The van der Waals surface area contributed by atoms with Crippen molar-refractivity contribution in [3.63, 3.8) is 0 Å². The van der Waals surface area contributed by atoms with E-state index in [2.05, 4.69) is 37.7 Å². The van der Waals surface area contributed by atoms with E-state index in [1.165, 1.54) is 4.88 Å². The number of thiazole rings is 1. The molecule has 1 aromatic heterocycles. The van der Waals surface area contributed by atoms with Gasteiger partial charge in [0.05, 0.1) is 10.7 Å². The van der Waals surface area contributed by atoms with Crippen LogP contribution in [0.4, 0.5) is 0 Å². The highest BCUT2D eigenvalue weighted by Crippen LogP contribution is 2.28. The van der Waals surface area contributed by atoms with E-state index >= 15 is 0 Å². The third-order valence-corrected chi connectivity index (χ3v) is 4.14. The second kappa shape index (κ2) is 6.33. The van der Waals surface area contributed by atoms with Gasteiger partial charge in [0.2, 0.25) is 0 Å². The Morgan fingerprint density at radius 3 is 2.56 bits per heavy atom. The minimum absolute atomic E-state index is 0.293. The molecule has 0 saturated carbocycles. The number of nitrogens with zero attached hydrogens (tertiary/aromatic N) is 2. The van der Waals surface area contributed by atoms with Crippen LogP contribution in [0.2, 0.25) is 0 Å². The summed E-state index contributed by atoms with van der Waals surface area (Å²) in [5, 5.41) is 9.90. The molecule has 0 radical (unpaired) electrons. The Kier molecular flexibility index (Phi) is 5.38. The number of aliphatic hydroxyl groups excluding tert-OH is 1. The number of rotatable bonds is 6. The largest absolute Gasteiger partial charge is 0.396 e. The fraction of sp³-hybridized carbons (Fsp3) is 0.750. The minimum Gasteiger partial charge on any atom is -0.396 e. The van der Waals surface area contributed by atoms with Crippen LogP contribution in [0.25, 0.3) is 0 Å². The smallest absolute Gasteiger partial charge is 0.0900 e. The molecular formula is C12H22N2OS. The van der Waals surface area contributed by atoms with Crippen LogP contribution in [0.15, 0.2) is 0 Å². The Morgan fingerprint density at radius 2 is 2.06 bits per heavy atom. The first kappa shape index (κ1) is 13.6. The van der Waals surface area contributed by atoms with E-state index in [0.717, 1.165) is 30.1 Å². The molecule has 0 spiro atoms. The summed E-state index contributed by atoms with van der Waals surface area (Å²) in [6.07, 6.45) is 1.94. The monoisotopic (exact) mass is 242 g/mol. The van der Waals surface area contributed by atoms with Crippen molar-refractivity contribution < 1.29 is 5.11 Å². The molecular weight excluding hydrogens is 220 g/mol. The average Bonchev–Trinajstić information content (AvgIpc) is 2.57. The van der Waals surface area contributed by atoms with Gasteiger partial charge in [0.15, 0.2) is 0 Å². The van der Waals surface area contributed by atoms with Gasteiger partial charge in [-0.15, -0.1) is 11.3 Å². The van der Waals surface area contributed by atoms with Crippen LogP contribution in [-0.4, -0.2) is 35.2 Å². The van der Waals surface area contributed by atoms with E-state index < -0.39 is 0 Å². The topological polar surface area (TPSA) is 36.4 Å². The van der Waals surface area contributed by atoms with Crippen LogP contribution < -0.4 is 0 Å². The lowest BCUT2D eigenvalue weighted by atomic mass is 10.2. The Morgan fingerprint density at radius 1 is 1.38 bits per heavy atom. The minimum atomic E-state index is 0.293. The Hall–Kier alpha value is -0.450. The van der Waals surface area contributed by atoms with E-state index in [-0.39, 0.29) is 0 Å². The quantitative estimate of drug-likeness (QED) is 0.779.